The lowest BCUT2D eigenvalue weighted by atomic mass is 10.2. The van der Waals surface area contributed by atoms with Crippen molar-refractivity contribution in [3.05, 3.63) is 54.1 Å². The third kappa shape index (κ3) is 2.95. The SMILES string of the molecule is OC/C(F)=C/c1cnc(-c2ccccc2)nc1. The first-order valence-electron chi connectivity index (χ1n) is 5.14. The number of halogens is 1. The second kappa shape index (κ2) is 5.32. The smallest absolute Gasteiger partial charge is 0.159 e. The molecular formula is C13H11FN2O. The highest BCUT2D eigenvalue weighted by molar-refractivity contribution is 5.56. The first-order chi connectivity index (χ1) is 8.29. The summed E-state index contributed by atoms with van der Waals surface area (Å²) < 4.78 is 12.8. The zero-order chi connectivity index (χ0) is 12.1. The van der Waals surface area contributed by atoms with Gasteiger partial charge in [0.15, 0.2) is 5.82 Å². The zero-order valence-corrected chi connectivity index (χ0v) is 9.05. The Morgan fingerprint density at radius 1 is 1.18 bits per heavy atom. The van der Waals surface area contributed by atoms with Gasteiger partial charge in [-0.15, -0.1) is 0 Å². The number of hydrogen-bond donors (Lipinski definition) is 1. The van der Waals surface area contributed by atoms with Crippen molar-refractivity contribution in [2.24, 2.45) is 0 Å². The lowest BCUT2D eigenvalue weighted by Crippen LogP contribution is -1.90. The predicted octanol–water partition coefficient (Wildman–Crippen LogP) is 2.45. The summed E-state index contributed by atoms with van der Waals surface area (Å²) in [4.78, 5) is 8.26. The first-order valence-corrected chi connectivity index (χ1v) is 5.14. The second-order valence-corrected chi connectivity index (χ2v) is 3.46. The van der Waals surface area contributed by atoms with Gasteiger partial charge in [0, 0.05) is 23.5 Å². The van der Waals surface area contributed by atoms with Crippen LogP contribution in [0.2, 0.25) is 0 Å². The minimum atomic E-state index is -0.611. The minimum Gasteiger partial charge on any atom is -0.389 e. The highest BCUT2D eigenvalue weighted by Crippen LogP contribution is 2.14. The van der Waals surface area contributed by atoms with Crippen molar-refractivity contribution in [1.29, 1.82) is 0 Å². The molecule has 1 aromatic heterocycles. The maximum atomic E-state index is 12.8. The van der Waals surface area contributed by atoms with Gasteiger partial charge in [0.1, 0.15) is 5.83 Å². The summed E-state index contributed by atoms with van der Waals surface area (Å²) in [5.41, 5.74) is 1.43. The van der Waals surface area contributed by atoms with E-state index in [1.54, 1.807) is 0 Å². The van der Waals surface area contributed by atoms with Crippen molar-refractivity contribution in [2.45, 2.75) is 0 Å². The molecule has 0 aliphatic heterocycles. The van der Waals surface area contributed by atoms with E-state index in [2.05, 4.69) is 9.97 Å². The van der Waals surface area contributed by atoms with Crippen molar-refractivity contribution in [2.75, 3.05) is 6.61 Å². The number of hydrogen-bond acceptors (Lipinski definition) is 3. The Bertz CT molecular complexity index is 509. The third-order valence-corrected chi connectivity index (χ3v) is 2.18. The normalized spacial score (nSPS) is 11.5. The molecule has 0 aliphatic rings. The van der Waals surface area contributed by atoms with E-state index in [1.165, 1.54) is 18.5 Å². The topological polar surface area (TPSA) is 46.0 Å². The van der Waals surface area contributed by atoms with Crippen LogP contribution in [0.3, 0.4) is 0 Å². The van der Waals surface area contributed by atoms with Gasteiger partial charge in [-0.05, 0) is 6.08 Å². The highest BCUT2D eigenvalue weighted by atomic mass is 19.1. The van der Waals surface area contributed by atoms with E-state index in [1.807, 2.05) is 30.3 Å². The fraction of sp³-hybridized carbons (Fsp3) is 0.0769. The van der Waals surface area contributed by atoms with Crippen molar-refractivity contribution < 1.29 is 9.50 Å². The molecule has 86 valence electrons. The molecule has 1 heterocycles. The van der Waals surface area contributed by atoms with Gasteiger partial charge >= 0.3 is 0 Å². The Labute approximate surface area is 98.3 Å². The molecule has 2 rings (SSSR count). The van der Waals surface area contributed by atoms with Gasteiger partial charge in [-0.25, -0.2) is 14.4 Å². The number of aliphatic hydroxyl groups is 1. The van der Waals surface area contributed by atoms with Crippen molar-refractivity contribution in [3.63, 3.8) is 0 Å². The van der Waals surface area contributed by atoms with E-state index < -0.39 is 12.4 Å². The van der Waals surface area contributed by atoms with Crippen LogP contribution in [0.25, 0.3) is 17.5 Å². The average Bonchev–Trinajstić information content (AvgIpc) is 2.40. The number of rotatable bonds is 3. The van der Waals surface area contributed by atoms with Crippen molar-refractivity contribution >= 4 is 6.08 Å². The highest BCUT2D eigenvalue weighted by Gasteiger charge is 2.00. The van der Waals surface area contributed by atoms with Gasteiger partial charge < -0.3 is 5.11 Å². The summed E-state index contributed by atoms with van der Waals surface area (Å²) in [6.45, 7) is -0.611. The molecule has 0 saturated carbocycles. The fourth-order valence-corrected chi connectivity index (χ4v) is 1.38. The standard InChI is InChI=1S/C13H11FN2O/c14-12(9-17)6-10-7-15-13(16-8-10)11-4-2-1-3-5-11/h1-8,17H,9H2/b12-6-. The Hall–Kier alpha value is -2.07. The van der Waals surface area contributed by atoms with Crippen molar-refractivity contribution in [3.8, 4) is 11.4 Å². The van der Waals surface area contributed by atoms with Crippen LogP contribution in [0.15, 0.2) is 48.6 Å². The Morgan fingerprint density at radius 2 is 1.82 bits per heavy atom. The van der Waals surface area contributed by atoms with Gasteiger partial charge in [-0.2, -0.15) is 0 Å². The average molecular weight is 230 g/mol. The molecule has 0 saturated heterocycles. The van der Waals surface area contributed by atoms with Gasteiger partial charge in [0.05, 0.1) is 6.61 Å². The summed E-state index contributed by atoms with van der Waals surface area (Å²) in [6.07, 6.45) is 4.24. The van der Waals surface area contributed by atoms with Crippen LogP contribution in [0.1, 0.15) is 5.56 Å². The van der Waals surface area contributed by atoms with E-state index in [-0.39, 0.29) is 0 Å². The molecule has 3 nitrogen and oxygen atoms in total. The number of benzene rings is 1. The molecule has 0 fully saturated rings. The maximum Gasteiger partial charge on any atom is 0.159 e. The van der Waals surface area contributed by atoms with Gasteiger partial charge in [0.25, 0.3) is 0 Å². The monoisotopic (exact) mass is 230 g/mol. The van der Waals surface area contributed by atoms with Gasteiger partial charge in [-0.3, -0.25) is 0 Å². The van der Waals surface area contributed by atoms with E-state index in [0.29, 0.717) is 11.4 Å². The van der Waals surface area contributed by atoms with Crippen LogP contribution < -0.4 is 0 Å². The molecule has 1 aromatic carbocycles. The molecule has 0 amide bonds. The first kappa shape index (κ1) is 11.4. The van der Waals surface area contributed by atoms with E-state index in [9.17, 15) is 4.39 Å². The number of aromatic nitrogens is 2. The molecule has 0 atom stereocenters. The number of aliphatic hydroxyl groups excluding tert-OH is 1. The third-order valence-electron chi connectivity index (χ3n) is 2.18. The molecule has 17 heavy (non-hydrogen) atoms. The quantitative estimate of drug-likeness (QED) is 0.880. The maximum absolute atomic E-state index is 12.8. The van der Waals surface area contributed by atoms with Crippen LogP contribution in [0.4, 0.5) is 4.39 Å². The van der Waals surface area contributed by atoms with E-state index in [4.69, 9.17) is 5.11 Å². The fourth-order valence-electron chi connectivity index (χ4n) is 1.38. The second-order valence-electron chi connectivity index (χ2n) is 3.46. The van der Waals surface area contributed by atoms with Gasteiger partial charge in [-0.1, -0.05) is 30.3 Å². The van der Waals surface area contributed by atoms with E-state index in [0.717, 1.165) is 5.56 Å². The Balaban J connectivity index is 2.25. The van der Waals surface area contributed by atoms with Crippen LogP contribution >= 0.6 is 0 Å². The van der Waals surface area contributed by atoms with Crippen LogP contribution in [-0.4, -0.2) is 21.7 Å². The Kier molecular flexibility index (Phi) is 3.57. The summed E-state index contributed by atoms with van der Waals surface area (Å²) in [5.74, 6) is -0.0202. The van der Waals surface area contributed by atoms with Crippen LogP contribution in [0.5, 0.6) is 0 Å². The summed E-state index contributed by atoms with van der Waals surface area (Å²) in [6, 6.07) is 9.52. The molecule has 0 bridgehead atoms. The molecule has 2 aromatic rings. The molecule has 0 radical (unpaired) electrons. The van der Waals surface area contributed by atoms with Crippen LogP contribution in [-0.2, 0) is 0 Å². The molecular weight excluding hydrogens is 219 g/mol. The Morgan fingerprint density at radius 3 is 2.41 bits per heavy atom. The predicted molar refractivity (Wildman–Crippen MR) is 63.6 cm³/mol. The molecule has 0 aliphatic carbocycles. The van der Waals surface area contributed by atoms with E-state index >= 15 is 0 Å². The van der Waals surface area contributed by atoms with Crippen molar-refractivity contribution in [1.82, 2.24) is 9.97 Å². The zero-order valence-electron chi connectivity index (χ0n) is 9.05. The van der Waals surface area contributed by atoms with Crippen LogP contribution in [0, 0.1) is 0 Å². The lowest BCUT2D eigenvalue weighted by molar-refractivity contribution is 0.300. The lowest BCUT2D eigenvalue weighted by Gasteiger charge is -1.99. The minimum absolute atomic E-state index is 0.524. The summed E-state index contributed by atoms with van der Waals surface area (Å²) >= 11 is 0. The van der Waals surface area contributed by atoms with Gasteiger partial charge in [0.2, 0.25) is 0 Å². The number of nitrogens with zero attached hydrogens (tertiary/aromatic N) is 2. The molecule has 1 N–H and O–H groups in total. The summed E-state index contributed by atoms with van der Waals surface area (Å²) in [7, 11) is 0. The molecule has 0 spiro atoms. The summed E-state index contributed by atoms with van der Waals surface area (Å²) in [5, 5.41) is 8.54. The largest absolute Gasteiger partial charge is 0.389 e. The molecule has 0 unspecified atom stereocenters. The molecule has 4 heteroatoms.